The van der Waals surface area contributed by atoms with Gasteiger partial charge in [-0.15, -0.1) is 0 Å². The molecule has 108 valence electrons. The molecule has 3 rings (SSSR count). The van der Waals surface area contributed by atoms with Gasteiger partial charge in [-0.3, -0.25) is 4.79 Å². The van der Waals surface area contributed by atoms with Gasteiger partial charge in [-0.25, -0.2) is 0 Å². The average Bonchev–Trinajstić information content (AvgIpc) is 2.48. The van der Waals surface area contributed by atoms with Crippen LogP contribution in [0, 0.1) is 0 Å². The number of nitrogens with two attached hydrogens (primary N) is 1. The Morgan fingerprint density at radius 1 is 1.15 bits per heavy atom. The lowest BCUT2D eigenvalue weighted by molar-refractivity contribution is -0.121. The zero-order valence-electron chi connectivity index (χ0n) is 11.7. The van der Waals surface area contributed by atoms with Crippen LogP contribution >= 0.6 is 0 Å². The Balaban J connectivity index is 1.73. The maximum absolute atomic E-state index is 12.1. The lowest BCUT2D eigenvalue weighted by Gasteiger charge is -2.33. The van der Waals surface area contributed by atoms with Crippen LogP contribution in [0.25, 0.3) is 0 Å². The molecule has 2 N–H and O–H groups in total. The molecule has 0 aliphatic carbocycles. The van der Waals surface area contributed by atoms with Gasteiger partial charge in [0.15, 0.2) is 6.61 Å². The molecule has 1 aromatic rings. The van der Waals surface area contributed by atoms with Crippen molar-refractivity contribution in [1.29, 1.82) is 0 Å². The van der Waals surface area contributed by atoms with Gasteiger partial charge >= 0.3 is 0 Å². The molecular weight excluding hydrogens is 254 g/mol. The summed E-state index contributed by atoms with van der Waals surface area (Å²) in [6, 6.07) is 5.54. The number of rotatable bonds is 3. The molecule has 0 radical (unpaired) electrons. The second kappa shape index (κ2) is 5.71. The molecule has 0 bridgehead atoms. The van der Waals surface area contributed by atoms with Crippen LogP contribution in [-0.2, 0) is 4.79 Å². The molecule has 1 amide bonds. The fourth-order valence-electron chi connectivity index (χ4n) is 2.95. The lowest BCUT2D eigenvalue weighted by Crippen LogP contribution is -2.44. The molecule has 1 saturated heterocycles. The van der Waals surface area contributed by atoms with Gasteiger partial charge < -0.3 is 20.3 Å². The van der Waals surface area contributed by atoms with Gasteiger partial charge in [0.2, 0.25) is 0 Å². The third-order valence-corrected chi connectivity index (χ3v) is 4.04. The highest BCUT2D eigenvalue weighted by Crippen LogP contribution is 2.36. The summed E-state index contributed by atoms with van der Waals surface area (Å²) in [7, 11) is 0. The third-order valence-electron chi connectivity index (χ3n) is 4.04. The van der Waals surface area contributed by atoms with Crippen LogP contribution in [0.2, 0.25) is 0 Å². The number of para-hydroxylation sites is 1. The Hall–Kier alpha value is -1.75. The minimum absolute atomic E-state index is 0.00703. The van der Waals surface area contributed by atoms with Gasteiger partial charge in [0, 0.05) is 13.1 Å². The first-order chi connectivity index (χ1) is 9.75. The Morgan fingerprint density at radius 3 is 2.75 bits per heavy atom. The Morgan fingerprint density at radius 2 is 1.95 bits per heavy atom. The number of amides is 1. The first-order valence-corrected chi connectivity index (χ1v) is 7.30. The van der Waals surface area contributed by atoms with Crippen molar-refractivity contribution in [2.24, 2.45) is 0 Å². The van der Waals surface area contributed by atoms with Gasteiger partial charge in [-0.1, -0.05) is 12.5 Å². The Kier molecular flexibility index (Phi) is 3.78. The first kappa shape index (κ1) is 13.2. The van der Waals surface area contributed by atoms with Crippen LogP contribution in [0.4, 0.5) is 11.4 Å². The van der Waals surface area contributed by atoms with Crippen molar-refractivity contribution in [3.63, 3.8) is 0 Å². The molecule has 0 atom stereocenters. The number of ether oxygens (including phenoxy) is 1. The number of anilines is 2. The first-order valence-electron chi connectivity index (χ1n) is 7.30. The second-order valence-electron chi connectivity index (χ2n) is 5.43. The number of carbonyl (C=O) groups is 1. The summed E-state index contributed by atoms with van der Waals surface area (Å²) in [5, 5.41) is 0. The van der Waals surface area contributed by atoms with Crippen molar-refractivity contribution < 1.29 is 9.53 Å². The van der Waals surface area contributed by atoms with E-state index in [9.17, 15) is 4.79 Å². The van der Waals surface area contributed by atoms with E-state index in [0.29, 0.717) is 18.0 Å². The van der Waals surface area contributed by atoms with E-state index in [4.69, 9.17) is 10.5 Å². The highest BCUT2D eigenvalue weighted by Gasteiger charge is 2.27. The number of likely N-dealkylation sites (tertiary alicyclic amines) is 1. The number of fused-ring (bicyclic) bond motifs is 1. The quantitative estimate of drug-likeness (QED) is 0.849. The molecule has 2 heterocycles. The number of nitrogens with zero attached hydrogens (tertiary/aromatic N) is 2. The van der Waals surface area contributed by atoms with Gasteiger partial charge in [-0.05, 0) is 38.1 Å². The highest BCUT2D eigenvalue weighted by atomic mass is 16.5. The molecule has 0 saturated carbocycles. The molecule has 1 aromatic carbocycles. The van der Waals surface area contributed by atoms with Crippen molar-refractivity contribution in [3.8, 4) is 5.75 Å². The SMILES string of the molecule is Nc1cccc2c1N(CCN1CCCCC1)C(=O)CO2. The third kappa shape index (κ3) is 2.58. The van der Waals surface area contributed by atoms with Crippen molar-refractivity contribution in [1.82, 2.24) is 4.90 Å². The molecule has 0 spiro atoms. The number of hydrogen-bond acceptors (Lipinski definition) is 4. The lowest BCUT2D eigenvalue weighted by atomic mass is 10.1. The summed E-state index contributed by atoms with van der Waals surface area (Å²) in [6.45, 7) is 3.96. The maximum atomic E-state index is 12.1. The number of carbonyl (C=O) groups excluding carboxylic acids is 1. The minimum atomic E-state index is -0.00703. The van der Waals surface area contributed by atoms with Crippen LogP contribution in [0.5, 0.6) is 5.75 Å². The van der Waals surface area contributed by atoms with Crippen LogP contribution in [0.15, 0.2) is 18.2 Å². The zero-order chi connectivity index (χ0) is 13.9. The van der Waals surface area contributed by atoms with E-state index in [0.717, 1.165) is 25.3 Å². The molecule has 2 aliphatic rings. The monoisotopic (exact) mass is 275 g/mol. The second-order valence-corrected chi connectivity index (χ2v) is 5.43. The molecule has 5 nitrogen and oxygen atoms in total. The van der Waals surface area contributed by atoms with Crippen molar-refractivity contribution in [3.05, 3.63) is 18.2 Å². The van der Waals surface area contributed by atoms with E-state index < -0.39 is 0 Å². The van der Waals surface area contributed by atoms with Gasteiger partial charge in [0.25, 0.3) is 5.91 Å². The van der Waals surface area contributed by atoms with Gasteiger partial charge in [0.1, 0.15) is 11.4 Å². The number of nitrogen functional groups attached to an aromatic ring is 1. The Labute approximate surface area is 119 Å². The highest BCUT2D eigenvalue weighted by molar-refractivity contribution is 6.01. The van der Waals surface area contributed by atoms with E-state index in [1.165, 1.54) is 19.3 Å². The summed E-state index contributed by atoms with van der Waals surface area (Å²) >= 11 is 0. The topological polar surface area (TPSA) is 58.8 Å². The van der Waals surface area contributed by atoms with E-state index in [-0.39, 0.29) is 12.5 Å². The van der Waals surface area contributed by atoms with E-state index in [2.05, 4.69) is 4.90 Å². The average molecular weight is 275 g/mol. The van der Waals surface area contributed by atoms with E-state index in [1.54, 1.807) is 4.90 Å². The van der Waals surface area contributed by atoms with Crippen LogP contribution < -0.4 is 15.4 Å². The summed E-state index contributed by atoms with van der Waals surface area (Å²) in [4.78, 5) is 16.3. The van der Waals surface area contributed by atoms with Crippen molar-refractivity contribution in [2.75, 3.05) is 43.4 Å². The summed E-state index contributed by atoms with van der Waals surface area (Å²) in [6.07, 6.45) is 3.84. The zero-order valence-corrected chi connectivity index (χ0v) is 11.7. The fraction of sp³-hybridized carbons (Fsp3) is 0.533. The van der Waals surface area contributed by atoms with Gasteiger partial charge in [-0.2, -0.15) is 0 Å². The molecule has 2 aliphatic heterocycles. The van der Waals surface area contributed by atoms with Gasteiger partial charge in [0.05, 0.1) is 5.69 Å². The normalized spacial score (nSPS) is 19.6. The van der Waals surface area contributed by atoms with E-state index >= 15 is 0 Å². The summed E-state index contributed by atoms with van der Waals surface area (Å²) in [5.41, 5.74) is 7.36. The maximum Gasteiger partial charge on any atom is 0.265 e. The molecule has 0 aromatic heterocycles. The molecular formula is C15H21N3O2. The standard InChI is InChI=1S/C15H21N3O2/c16-12-5-4-6-13-15(12)18(14(19)11-20-13)10-9-17-7-2-1-3-8-17/h4-6H,1-3,7-11,16H2. The smallest absolute Gasteiger partial charge is 0.265 e. The number of benzene rings is 1. The summed E-state index contributed by atoms with van der Waals surface area (Å²) in [5.74, 6) is 0.704. The number of hydrogen-bond donors (Lipinski definition) is 1. The van der Waals surface area contributed by atoms with Crippen LogP contribution in [-0.4, -0.2) is 43.6 Å². The predicted molar refractivity (Wildman–Crippen MR) is 79.0 cm³/mol. The molecule has 1 fully saturated rings. The molecule has 20 heavy (non-hydrogen) atoms. The van der Waals surface area contributed by atoms with Crippen molar-refractivity contribution in [2.45, 2.75) is 19.3 Å². The van der Waals surface area contributed by atoms with Crippen LogP contribution in [0.1, 0.15) is 19.3 Å². The van der Waals surface area contributed by atoms with E-state index in [1.807, 2.05) is 18.2 Å². The number of piperidine rings is 1. The fourth-order valence-corrected chi connectivity index (χ4v) is 2.95. The minimum Gasteiger partial charge on any atom is -0.481 e. The largest absolute Gasteiger partial charge is 0.481 e. The van der Waals surface area contributed by atoms with Crippen molar-refractivity contribution >= 4 is 17.3 Å². The Bertz CT molecular complexity index is 498. The molecule has 0 unspecified atom stereocenters. The molecule has 5 heteroatoms. The summed E-state index contributed by atoms with van der Waals surface area (Å²) < 4.78 is 5.45. The van der Waals surface area contributed by atoms with Crippen LogP contribution in [0.3, 0.4) is 0 Å². The predicted octanol–water partition coefficient (Wildman–Crippen LogP) is 1.48.